The fourth-order valence-corrected chi connectivity index (χ4v) is 2.16. The average Bonchev–Trinajstić information content (AvgIpc) is 3.24. The molecule has 1 unspecified atom stereocenters. The minimum atomic E-state index is -0.192. The summed E-state index contributed by atoms with van der Waals surface area (Å²) < 4.78 is 10.7. The van der Waals surface area contributed by atoms with E-state index in [9.17, 15) is 4.79 Å². The number of hydrogen-bond donors (Lipinski definition) is 1. The maximum Gasteiger partial charge on any atom is 0.323 e. The quantitative estimate of drug-likeness (QED) is 0.417. The van der Waals surface area contributed by atoms with Crippen LogP contribution in [0.2, 0.25) is 0 Å². The first-order valence-electron chi connectivity index (χ1n) is 8.28. The van der Waals surface area contributed by atoms with Crippen LogP contribution in [0.1, 0.15) is 65.2 Å². The van der Waals surface area contributed by atoms with Crippen molar-refractivity contribution in [2.45, 2.75) is 77.3 Å². The molecular formula is C16H31NO3. The van der Waals surface area contributed by atoms with Gasteiger partial charge in [0.15, 0.2) is 0 Å². The lowest BCUT2D eigenvalue weighted by molar-refractivity contribution is -0.146. The van der Waals surface area contributed by atoms with Gasteiger partial charge < -0.3 is 14.8 Å². The Balaban J connectivity index is 2.04. The molecule has 118 valence electrons. The second-order valence-electron chi connectivity index (χ2n) is 5.56. The summed E-state index contributed by atoms with van der Waals surface area (Å²) >= 11 is 0. The van der Waals surface area contributed by atoms with Gasteiger partial charge in [0, 0.05) is 19.3 Å². The van der Waals surface area contributed by atoms with Gasteiger partial charge in [0.2, 0.25) is 0 Å². The van der Waals surface area contributed by atoms with Gasteiger partial charge in [-0.15, -0.1) is 0 Å². The van der Waals surface area contributed by atoms with E-state index in [4.69, 9.17) is 9.47 Å². The zero-order valence-electron chi connectivity index (χ0n) is 13.2. The minimum absolute atomic E-state index is 0.133. The Hall–Kier alpha value is -0.610. The Morgan fingerprint density at radius 1 is 1.15 bits per heavy atom. The predicted molar refractivity (Wildman–Crippen MR) is 80.8 cm³/mol. The van der Waals surface area contributed by atoms with Crippen LogP contribution in [0.5, 0.6) is 0 Å². The topological polar surface area (TPSA) is 47.6 Å². The molecule has 0 aromatic heterocycles. The summed E-state index contributed by atoms with van der Waals surface area (Å²) in [6.07, 6.45) is 9.32. The van der Waals surface area contributed by atoms with Gasteiger partial charge in [0.25, 0.3) is 0 Å². The Morgan fingerprint density at radius 3 is 2.55 bits per heavy atom. The van der Waals surface area contributed by atoms with E-state index in [0.29, 0.717) is 25.7 Å². The zero-order chi connectivity index (χ0) is 14.6. The standard InChI is InChI=1S/C16H31NO3/c1-3-5-6-7-8-12-19-13-11-15(16(18)20-4-2)17-14-9-10-14/h14-15,17H,3-13H2,1-2H3. The van der Waals surface area contributed by atoms with Crippen LogP contribution in [0.4, 0.5) is 0 Å². The lowest BCUT2D eigenvalue weighted by atomic mass is 10.2. The summed E-state index contributed by atoms with van der Waals surface area (Å²) in [5.41, 5.74) is 0. The second-order valence-corrected chi connectivity index (χ2v) is 5.56. The van der Waals surface area contributed by atoms with Crippen LogP contribution < -0.4 is 5.32 Å². The first-order chi connectivity index (χ1) is 9.77. The number of carbonyl (C=O) groups is 1. The van der Waals surface area contributed by atoms with Crippen molar-refractivity contribution in [3.8, 4) is 0 Å². The number of rotatable bonds is 13. The molecule has 4 nitrogen and oxygen atoms in total. The SMILES string of the molecule is CCCCCCCOCCC(NC1CC1)C(=O)OCC. The molecule has 1 N–H and O–H groups in total. The molecule has 1 atom stereocenters. The summed E-state index contributed by atoms with van der Waals surface area (Å²) in [6, 6.07) is 0.320. The average molecular weight is 285 g/mol. The van der Waals surface area contributed by atoms with Crippen LogP contribution in [-0.2, 0) is 14.3 Å². The molecule has 0 spiro atoms. The van der Waals surface area contributed by atoms with Crippen LogP contribution in [0.3, 0.4) is 0 Å². The van der Waals surface area contributed by atoms with Crippen molar-refractivity contribution in [3.63, 3.8) is 0 Å². The first kappa shape index (κ1) is 17.4. The summed E-state index contributed by atoms with van der Waals surface area (Å²) in [5, 5.41) is 3.34. The van der Waals surface area contributed by atoms with Crippen LogP contribution in [0.15, 0.2) is 0 Å². The third-order valence-corrected chi connectivity index (χ3v) is 3.53. The molecular weight excluding hydrogens is 254 g/mol. The van der Waals surface area contributed by atoms with Crippen molar-refractivity contribution in [1.82, 2.24) is 5.32 Å². The van der Waals surface area contributed by atoms with Crippen molar-refractivity contribution in [2.24, 2.45) is 0 Å². The highest BCUT2D eigenvalue weighted by molar-refractivity contribution is 5.75. The van der Waals surface area contributed by atoms with E-state index in [0.717, 1.165) is 13.0 Å². The maximum atomic E-state index is 11.8. The predicted octanol–water partition coefficient (Wildman–Crippen LogP) is 3.05. The Bertz CT molecular complexity index is 254. The monoisotopic (exact) mass is 285 g/mol. The third kappa shape index (κ3) is 8.54. The van der Waals surface area contributed by atoms with E-state index < -0.39 is 0 Å². The lowest BCUT2D eigenvalue weighted by Gasteiger charge is -2.16. The molecule has 0 saturated heterocycles. The van der Waals surface area contributed by atoms with E-state index >= 15 is 0 Å². The molecule has 0 heterocycles. The smallest absolute Gasteiger partial charge is 0.323 e. The highest BCUT2D eigenvalue weighted by atomic mass is 16.5. The molecule has 1 aliphatic carbocycles. The van der Waals surface area contributed by atoms with Gasteiger partial charge in [-0.2, -0.15) is 0 Å². The summed E-state index contributed by atoms with van der Waals surface area (Å²) in [7, 11) is 0. The van der Waals surface area contributed by atoms with E-state index in [2.05, 4.69) is 12.2 Å². The van der Waals surface area contributed by atoms with Gasteiger partial charge in [0.05, 0.1) is 6.61 Å². The fraction of sp³-hybridized carbons (Fsp3) is 0.938. The third-order valence-electron chi connectivity index (χ3n) is 3.53. The molecule has 0 aromatic carbocycles. The van der Waals surface area contributed by atoms with E-state index in [1.807, 2.05) is 6.92 Å². The largest absolute Gasteiger partial charge is 0.465 e. The summed E-state index contributed by atoms with van der Waals surface area (Å²) in [4.78, 5) is 11.8. The van der Waals surface area contributed by atoms with Gasteiger partial charge in [0.1, 0.15) is 6.04 Å². The van der Waals surface area contributed by atoms with E-state index in [1.165, 1.54) is 38.5 Å². The number of nitrogens with one attached hydrogen (secondary N) is 1. The lowest BCUT2D eigenvalue weighted by Crippen LogP contribution is -2.40. The van der Waals surface area contributed by atoms with Gasteiger partial charge in [-0.25, -0.2) is 0 Å². The van der Waals surface area contributed by atoms with E-state index in [-0.39, 0.29) is 12.0 Å². The van der Waals surface area contributed by atoms with Crippen molar-refractivity contribution in [3.05, 3.63) is 0 Å². The second kappa shape index (κ2) is 11.1. The number of carbonyl (C=O) groups excluding carboxylic acids is 1. The van der Waals surface area contributed by atoms with Crippen LogP contribution >= 0.6 is 0 Å². The van der Waals surface area contributed by atoms with E-state index in [1.54, 1.807) is 0 Å². The Kier molecular flexibility index (Phi) is 9.67. The van der Waals surface area contributed by atoms with Crippen LogP contribution in [-0.4, -0.2) is 37.9 Å². The number of ether oxygens (including phenoxy) is 2. The highest BCUT2D eigenvalue weighted by Gasteiger charge is 2.28. The Morgan fingerprint density at radius 2 is 1.90 bits per heavy atom. The van der Waals surface area contributed by atoms with Gasteiger partial charge in [-0.1, -0.05) is 32.6 Å². The van der Waals surface area contributed by atoms with Crippen LogP contribution in [0, 0.1) is 0 Å². The Labute approximate surface area is 123 Å². The fourth-order valence-electron chi connectivity index (χ4n) is 2.16. The molecule has 20 heavy (non-hydrogen) atoms. The normalized spacial score (nSPS) is 16.1. The van der Waals surface area contributed by atoms with Gasteiger partial charge in [-0.05, 0) is 32.6 Å². The molecule has 0 bridgehead atoms. The number of unbranched alkanes of at least 4 members (excludes halogenated alkanes) is 4. The molecule has 4 heteroatoms. The molecule has 0 aromatic rings. The van der Waals surface area contributed by atoms with Crippen molar-refractivity contribution >= 4 is 5.97 Å². The molecule has 1 rings (SSSR count). The number of esters is 1. The zero-order valence-corrected chi connectivity index (χ0v) is 13.2. The maximum absolute atomic E-state index is 11.8. The summed E-state index contributed by atoms with van der Waals surface area (Å²) in [5.74, 6) is -0.133. The highest BCUT2D eigenvalue weighted by Crippen LogP contribution is 2.20. The molecule has 0 radical (unpaired) electrons. The van der Waals surface area contributed by atoms with Crippen molar-refractivity contribution < 1.29 is 14.3 Å². The van der Waals surface area contributed by atoms with Gasteiger partial charge in [-0.3, -0.25) is 4.79 Å². The van der Waals surface area contributed by atoms with Crippen LogP contribution in [0.25, 0.3) is 0 Å². The summed E-state index contributed by atoms with van der Waals surface area (Å²) in [6.45, 7) is 5.96. The molecule has 1 fully saturated rings. The van der Waals surface area contributed by atoms with Crippen molar-refractivity contribution in [1.29, 1.82) is 0 Å². The molecule has 0 amide bonds. The van der Waals surface area contributed by atoms with Crippen molar-refractivity contribution in [2.75, 3.05) is 19.8 Å². The molecule has 1 aliphatic rings. The molecule has 0 aliphatic heterocycles. The minimum Gasteiger partial charge on any atom is -0.465 e. The molecule has 1 saturated carbocycles. The van der Waals surface area contributed by atoms with Gasteiger partial charge >= 0.3 is 5.97 Å². The number of hydrogen-bond acceptors (Lipinski definition) is 4. The first-order valence-corrected chi connectivity index (χ1v) is 8.28.